The zero-order chi connectivity index (χ0) is 23.0. The molecule has 1 aliphatic rings. The molecule has 3 aromatic carbocycles. The second-order valence-corrected chi connectivity index (χ2v) is 8.88. The minimum Gasteiger partial charge on any atom is -0.336 e. The molecule has 33 heavy (non-hydrogen) atoms. The predicted octanol–water partition coefficient (Wildman–Crippen LogP) is 4.87. The van der Waals surface area contributed by atoms with Crippen LogP contribution in [-0.4, -0.2) is 41.9 Å². The fourth-order valence-electron chi connectivity index (χ4n) is 3.96. The Kier molecular flexibility index (Phi) is 7.42. The van der Waals surface area contributed by atoms with E-state index in [9.17, 15) is 10.1 Å². The first kappa shape index (κ1) is 22.6. The summed E-state index contributed by atoms with van der Waals surface area (Å²) >= 11 is 1.63. The predicted molar refractivity (Wildman–Crippen MR) is 129 cm³/mol. The third-order valence-electron chi connectivity index (χ3n) is 5.80. The molecule has 0 aliphatic carbocycles. The molecular formula is C27H24N4OS. The zero-order valence-electron chi connectivity index (χ0n) is 18.2. The van der Waals surface area contributed by atoms with Gasteiger partial charge < -0.3 is 4.90 Å². The first-order valence-corrected chi connectivity index (χ1v) is 11.9. The molecule has 1 amide bonds. The van der Waals surface area contributed by atoms with Crippen molar-refractivity contribution in [2.75, 3.05) is 26.2 Å². The molecule has 4 rings (SSSR count). The van der Waals surface area contributed by atoms with Crippen molar-refractivity contribution in [1.29, 1.82) is 10.5 Å². The fraction of sp³-hybridized carbons (Fsp3) is 0.222. The second-order valence-electron chi connectivity index (χ2n) is 7.86. The Hall–Kier alpha value is -3.58. The highest BCUT2D eigenvalue weighted by molar-refractivity contribution is 7.98. The van der Waals surface area contributed by atoms with Gasteiger partial charge >= 0.3 is 0 Å². The number of amides is 1. The topological polar surface area (TPSA) is 71.1 Å². The number of nitriles is 2. The summed E-state index contributed by atoms with van der Waals surface area (Å²) in [5.41, 5.74) is 3.46. The highest BCUT2D eigenvalue weighted by atomic mass is 32.2. The van der Waals surface area contributed by atoms with Gasteiger partial charge in [-0.15, -0.1) is 11.8 Å². The lowest BCUT2D eigenvalue weighted by Crippen LogP contribution is -2.49. The van der Waals surface area contributed by atoms with Gasteiger partial charge in [-0.3, -0.25) is 9.69 Å². The molecule has 1 aliphatic heterocycles. The van der Waals surface area contributed by atoms with Crippen molar-refractivity contribution in [3.8, 4) is 12.1 Å². The van der Waals surface area contributed by atoms with E-state index >= 15 is 0 Å². The van der Waals surface area contributed by atoms with E-state index < -0.39 is 0 Å². The molecule has 164 valence electrons. The molecule has 0 N–H and O–H groups in total. The number of benzene rings is 3. The maximum Gasteiger partial charge on any atom is 0.255 e. The van der Waals surface area contributed by atoms with Gasteiger partial charge in [-0.05, 0) is 35.4 Å². The molecular weight excluding hydrogens is 428 g/mol. The zero-order valence-corrected chi connectivity index (χ0v) is 19.0. The van der Waals surface area contributed by atoms with Crippen LogP contribution in [0.25, 0.3) is 0 Å². The Morgan fingerprint density at radius 1 is 0.879 bits per heavy atom. The molecule has 1 fully saturated rings. The minimum atomic E-state index is -0.293. The quantitative estimate of drug-likeness (QED) is 0.499. The van der Waals surface area contributed by atoms with Gasteiger partial charge in [-0.2, -0.15) is 10.5 Å². The van der Waals surface area contributed by atoms with Gasteiger partial charge in [0.25, 0.3) is 5.91 Å². The molecule has 3 aromatic rings. The third-order valence-corrected chi connectivity index (χ3v) is 6.94. The monoisotopic (exact) mass is 452 g/mol. The average Bonchev–Trinajstić information content (AvgIpc) is 2.89. The maximum atomic E-state index is 13.3. The largest absolute Gasteiger partial charge is 0.336 e. The van der Waals surface area contributed by atoms with Gasteiger partial charge in [0.2, 0.25) is 0 Å². The summed E-state index contributed by atoms with van der Waals surface area (Å²) < 4.78 is 0. The summed E-state index contributed by atoms with van der Waals surface area (Å²) in [5.74, 6) is 0.760. The summed E-state index contributed by atoms with van der Waals surface area (Å²) in [6, 6.07) is 29.3. The molecule has 1 unspecified atom stereocenters. The van der Waals surface area contributed by atoms with Crippen LogP contribution in [0.1, 0.15) is 33.1 Å². The lowest BCUT2D eigenvalue weighted by Gasteiger charge is -2.37. The highest BCUT2D eigenvalue weighted by Gasteiger charge is 2.28. The van der Waals surface area contributed by atoms with E-state index in [1.165, 1.54) is 0 Å². The van der Waals surface area contributed by atoms with E-state index in [2.05, 4.69) is 17.0 Å². The van der Waals surface area contributed by atoms with Crippen LogP contribution in [0.5, 0.6) is 0 Å². The highest BCUT2D eigenvalue weighted by Crippen LogP contribution is 2.28. The van der Waals surface area contributed by atoms with Crippen molar-refractivity contribution >= 4 is 17.7 Å². The van der Waals surface area contributed by atoms with Gasteiger partial charge in [0.05, 0.1) is 23.3 Å². The Morgan fingerprint density at radius 3 is 2.21 bits per heavy atom. The molecule has 1 atom stereocenters. The van der Waals surface area contributed by atoms with Crippen LogP contribution in [-0.2, 0) is 5.75 Å². The molecule has 0 aromatic heterocycles. The molecule has 0 spiro atoms. The second kappa shape index (κ2) is 10.8. The first-order chi connectivity index (χ1) is 16.2. The van der Waals surface area contributed by atoms with E-state index in [1.807, 2.05) is 83.8 Å². The Balaban J connectivity index is 1.40. The number of thioether (sulfide) groups is 1. The van der Waals surface area contributed by atoms with Crippen LogP contribution >= 0.6 is 11.8 Å². The fourth-order valence-corrected chi connectivity index (χ4v) is 4.96. The van der Waals surface area contributed by atoms with Crippen molar-refractivity contribution in [2.45, 2.75) is 16.7 Å². The minimum absolute atomic E-state index is 0.0331. The van der Waals surface area contributed by atoms with Gasteiger partial charge in [-0.1, -0.05) is 54.6 Å². The van der Waals surface area contributed by atoms with Gasteiger partial charge in [-0.25, -0.2) is 0 Å². The van der Waals surface area contributed by atoms with E-state index in [1.54, 1.807) is 11.8 Å². The van der Waals surface area contributed by atoms with Crippen molar-refractivity contribution in [3.05, 3.63) is 101 Å². The van der Waals surface area contributed by atoms with Crippen LogP contribution in [0.3, 0.4) is 0 Å². The molecule has 0 radical (unpaired) electrons. The van der Waals surface area contributed by atoms with Gasteiger partial charge in [0.1, 0.15) is 6.04 Å². The summed E-state index contributed by atoms with van der Waals surface area (Å²) in [6.45, 7) is 2.52. The lowest BCUT2D eigenvalue weighted by molar-refractivity contribution is 0.0603. The molecule has 1 saturated heterocycles. The molecule has 5 nitrogen and oxygen atoms in total. The number of rotatable bonds is 6. The number of piperazine rings is 1. The van der Waals surface area contributed by atoms with Crippen LogP contribution in [0.4, 0.5) is 0 Å². The number of hydrogen-bond donors (Lipinski definition) is 0. The van der Waals surface area contributed by atoms with E-state index in [0.29, 0.717) is 37.3 Å². The van der Waals surface area contributed by atoms with Crippen LogP contribution in [0.15, 0.2) is 83.8 Å². The number of carbonyl (C=O) groups is 1. The molecule has 6 heteroatoms. The summed E-state index contributed by atoms with van der Waals surface area (Å²) in [6.07, 6.45) is 0. The Labute approximate surface area is 198 Å². The summed E-state index contributed by atoms with van der Waals surface area (Å²) in [4.78, 5) is 18.3. The van der Waals surface area contributed by atoms with E-state index in [-0.39, 0.29) is 11.9 Å². The SMILES string of the molecule is N#Cc1ccc(CSc2ccccc2C(=O)N2CCN(C(C#N)c3ccccc3)CC2)cc1. The first-order valence-electron chi connectivity index (χ1n) is 10.9. The Morgan fingerprint density at radius 2 is 1.55 bits per heavy atom. The van der Waals surface area contributed by atoms with Gasteiger partial charge in [0, 0.05) is 36.8 Å². The van der Waals surface area contributed by atoms with Crippen molar-refractivity contribution in [3.63, 3.8) is 0 Å². The smallest absolute Gasteiger partial charge is 0.255 e. The number of nitrogens with zero attached hydrogens (tertiary/aromatic N) is 4. The Bertz CT molecular complexity index is 1170. The van der Waals surface area contributed by atoms with Crippen LogP contribution in [0.2, 0.25) is 0 Å². The number of hydrogen-bond acceptors (Lipinski definition) is 5. The standard InChI is InChI=1S/C27H24N4OS/c28-18-21-10-12-22(13-11-21)20-33-26-9-5-4-8-24(26)27(32)31-16-14-30(15-17-31)25(19-29)23-6-2-1-3-7-23/h1-13,25H,14-17,20H2. The molecule has 1 heterocycles. The van der Waals surface area contributed by atoms with E-state index in [4.69, 9.17) is 5.26 Å². The molecule has 0 saturated carbocycles. The van der Waals surface area contributed by atoms with E-state index in [0.717, 1.165) is 21.8 Å². The number of carbonyl (C=O) groups excluding carboxylic acids is 1. The van der Waals surface area contributed by atoms with Crippen molar-refractivity contribution in [1.82, 2.24) is 9.80 Å². The van der Waals surface area contributed by atoms with Crippen LogP contribution in [0, 0.1) is 22.7 Å². The average molecular weight is 453 g/mol. The van der Waals surface area contributed by atoms with Crippen LogP contribution < -0.4 is 0 Å². The van der Waals surface area contributed by atoms with Gasteiger partial charge in [0.15, 0.2) is 0 Å². The van der Waals surface area contributed by atoms with Crippen molar-refractivity contribution in [2.24, 2.45) is 0 Å². The normalized spacial score (nSPS) is 14.8. The third kappa shape index (κ3) is 5.43. The summed E-state index contributed by atoms with van der Waals surface area (Å²) in [5, 5.41) is 18.7. The van der Waals surface area contributed by atoms with Crippen molar-refractivity contribution < 1.29 is 4.79 Å². The maximum absolute atomic E-state index is 13.3. The summed E-state index contributed by atoms with van der Waals surface area (Å²) in [7, 11) is 0. The molecule has 0 bridgehead atoms. The lowest BCUT2D eigenvalue weighted by atomic mass is 10.1.